The van der Waals surface area contributed by atoms with E-state index in [1.54, 1.807) is 6.33 Å². The van der Waals surface area contributed by atoms with Crippen molar-refractivity contribution in [2.24, 2.45) is 5.92 Å². The number of aromatic nitrogens is 2. The van der Waals surface area contributed by atoms with Gasteiger partial charge in [-0.3, -0.25) is 0 Å². The first-order chi connectivity index (χ1) is 9.29. The van der Waals surface area contributed by atoms with Crippen LogP contribution in [0.3, 0.4) is 0 Å². The molecule has 1 saturated heterocycles. The molecule has 0 saturated carbocycles. The topological polar surface area (TPSA) is 41.0 Å². The summed E-state index contributed by atoms with van der Waals surface area (Å²) < 4.78 is 0. The van der Waals surface area contributed by atoms with Gasteiger partial charge < -0.3 is 10.2 Å². The fourth-order valence-corrected chi connectivity index (χ4v) is 2.45. The maximum atomic E-state index is 4.41. The van der Waals surface area contributed by atoms with Gasteiger partial charge in [-0.1, -0.05) is 26.7 Å². The minimum absolute atomic E-state index is 0.852. The Morgan fingerprint density at radius 3 is 2.79 bits per heavy atom. The molecule has 0 atom stereocenters. The molecule has 1 N–H and O–H groups in total. The maximum Gasteiger partial charge on any atom is 0.134 e. The molecule has 19 heavy (non-hydrogen) atoms. The van der Waals surface area contributed by atoms with Crippen LogP contribution in [0.5, 0.6) is 0 Å². The van der Waals surface area contributed by atoms with Crippen LogP contribution >= 0.6 is 0 Å². The first-order valence-electron chi connectivity index (χ1n) is 7.60. The van der Waals surface area contributed by atoms with Gasteiger partial charge in [-0.15, -0.1) is 0 Å². The van der Waals surface area contributed by atoms with Gasteiger partial charge in [0.25, 0.3) is 0 Å². The monoisotopic (exact) mass is 262 g/mol. The lowest BCUT2D eigenvalue weighted by Gasteiger charge is -2.31. The SMILES string of the molecule is CCCCCNc1cc(N2CCC(C)CC2)ncn1. The van der Waals surface area contributed by atoms with E-state index in [4.69, 9.17) is 0 Å². The number of rotatable bonds is 6. The molecule has 2 heterocycles. The van der Waals surface area contributed by atoms with E-state index in [1.165, 1.54) is 32.1 Å². The molecule has 1 aromatic rings. The Kier molecular flexibility index (Phi) is 5.43. The third-order valence-electron chi connectivity index (χ3n) is 3.85. The van der Waals surface area contributed by atoms with Gasteiger partial charge in [0.1, 0.15) is 18.0 Å². The highest BCUT2D eigenvalue weighted by Crippen LogP contribution is 2.22. The number of hydrogen-bond acceptors (Lipinski definition) is 4. The molecular weight excluding hydrogens is 236 g/mol. The van der Waals surface area contributed by atoms with Crippen molar-refractivity contribution < 1.29 is 0 Å². The Labute approximate surface area is 116 Å². The van der Waals surface area contributed by atoms with Crippen LogP contribution in [0.1, 0.15) is 46.0 Å². The van der Waals surface area contributed by atoms with Crippen LogP contribution in [-0.2, 0) is 0 Å². The first-order valence-corrected chi connectivity index (χ1v) is 7.60. The van der Waals surface area contributed by atoms with Crippen LogP contribution in [0.15, 0.2) is 12.4 Å². The van der Waals surface area contributed by atoms with Crippen molar-refractivity contribution in [3.05, 3.63) is 12.4 Å². The van der Waals surface area contributed by atoms with Crippen molar-refractivity contribution in [3.8, 4) is 0 Å². The van der Waals surface area contributed by atoms with Crippen LogP contribution in [-0.4, -0.2) is 29.6 Å². The van der Waals surface area contributed by atoms with Crippen LogP contribution in [0.2, 0.25) is 0 Å². The fourth-order valence-electron chi connectivity index (χ4n) is 2.45. The average Bonchev–Trinajstić information content (AvgIpc) is 2.45. The second-order valence-electron chi connectivity index (χ2n) is 5.56. The molecule has 4 heteroatoms. The molecule has 0 unspecified atom stereocenters. The standard InChI is InChI=1S/C15H26N4/c1-3-4-5-8-16-14-11-15(18-12-17-14)19-9-6-13(2)7-10-19/h11-13H,3-10H2,1-2H3,(H,16,17,18). The summed E-state index contributed by atoms with van der Waals surface area (Å²) in [6, 6.07) is 2.09. The quantitative estimate of drug-likeness (QED) is 0.799. The lowest BCUT2D eigenvalue weighted by molar-refractivity contribution is 0.436. The van der Waals surface area contributed by atoms with E-state index in [0.29, 0.717) is 0 Å². The van der Waals surface area contributed by atoms with Gasteiger partial charge in [-0.25, -0.2) is 9.97 Å². The molecule has 0 aliphatic carbocycles. The van der Waals surface area contributed by atoms with Crippen LogP contribution in [0, 0.1) is 5.92 Å². The molecule has 0 bridgehead atoms. The zero-order chi connectivity index (χ0) is 13.5. The molecule has 1 fully saturated rings. The van der Waals surface area contributed by atoms with Crippen LogP contribution < -0.4 is 10.2 Å². The Bertz CT molecular complexity index is 372. The van der Waals surface area contributed by atoms with Crippen molar-refractivity contribution in [2.75, 3.05) is 29.9 Å². The summed E-state index contributed by atoms with van der Waals surface area (Å²) in [6.07, 6.45) is 7.94. The van der Waals surface area contributed by atoms with Gasteiger partial charge in [-0.2, -0.15) is 0 Å². The molecular formula is C15H26N4. The highest BCUT2D eigenvalue weighted by Gasteiger charge is 2.17. The van der Waals surface area contributed by atoms with Crippen molar-refractivity contribution in [3.63, 3.8) is 0 Å². The van der Waals surface area contributed by atoms with Crippen LogP contribution in [0.25, 0.3) is 0 Å². The highest BCUT2D eigenvalue weighted by atomic mass is 15.2. The zero-order valence-electron chi connectivity index (χ0n) is 12.2. The number of anilines is 2. The van der Waals surface area contributed by atoms with Crippen molar-refractivity contribution in [1.82, 2.24) is 9.97 Å². The first kappa shape index (κ1) is 14.1. The summed E-state index contributed by atoms with van der Waals surface area (Å²) in [5.74, 6) is 2.88. The minimum Gasteiger partial charge on any atom is -0.370 e. The number of nitrogens with one attached hydrogen (secondary N) is 1. The average molecular weight is 262 g/mol. The normalized spacial score (nSPS) is 16.6. The fraction of sp³-hybridized carbons (Fsp3) is 0.733. The Balaban J connectivity index is 1.87. The van der Waals surface area contributed by atoms with Gasteiger partial charge in [0.2, 0.25) is 0 Å². The van der Waals surface area contributed by atoms with Gasteiger partial charge in [0, 0.05) is 25.7 Å². The lowest BCUT2D eigenvalue weighted by Crippen LogP contribution is -2.33. The summed E-state index contributed by atoms with van der Waals surface area (Å²) >= 11 is 0. The summed E-state index contributed by atoms with van der Waals surface area (Å²) in [5, 5.41) is 3.39. The lowest BCUT2D eigenvalue weighted by atomic mass is 9.99. The molecule has 1 aromatic heterocycles. The van der Waals surface area contributed by atoms with Crippen LogP contribution in [0.4, 0.5) is 11.6 Å². The molecule has 0 radical (unpaired) electrons. The highest BCUT2D eigenvalue weighted by molar-refractivity contribution is 5.48. The van der Waals surface area contributed by atoms with Crippen molar-refractivity contribution in [1.29, 1.82) is 0 Å². The third kappa shape index (κ3) is 4.37. The van der Waals surface area contributed by atoms with Crippen molar-refractivity contribution in [2.45, 2.75) is 46.0 Å². The van der Waals surface area contributed by atoms with Gasteiger partial charge >= 0.3 is 0 Å². The van der Waals surface area contributed by atoms with E-state index >= 15 is 0 Å². The number of unbranched alkanes of at least 4 members (excludes halogenated alkanes) is 2. The van der Waals surface area contributed by atoms with Gasteiger partial charge in [-0.05, 0) is 25.2 Å². The predicted octanol–water partition coefficient (Wildman–Crippen LogP) is 3.32. The zero-order valence-corrected chi connectivity index (χ0v) is 12.2. The van der Waals surface area contributed by atoms with E-state index in [1.807, 2.05) is 0 Å². The summed E-state index contributed by atoms with van der Waals surface area (Å²) in [7, 11) is 0. The molecule has 0 spiro atoms. The van der Waals surface area contributed by atoms with E-state index in [2.05, 4.69) is 40.1 Å². The summed E-state index contributed by atoms with van der Waals surface area (Å²) in [5.41, 5.74) is 0. The van der Waals surface area contributed by atoms with Gasteiger partial charge in [0.05, 0.1) is 0 Å². The molecule has 0 amide bonds. The maximum absolute atomic E-state index is 4.41. The largest absolute Gasteiger partial charge is 0.370 e. The second kappa shape index (κ2) is 7.31. The third-order valence-corrected chi connectivity index (χ3v) is 3.85. The molecule has 106 valence electrons. The Morgan fingerprint density at radius 2 is 2.05 bits per heavy atom. The van der Waals surface area contributed by atoms with E-state index in [0.717, 1.165) is 37.2 Å². The Hall–Kier alpha value is -1.32. The van der Waals surface area contributed by atoms with Crippen molar-refractivity contribution >= 4 is 11.6 Å². The predicted molar refractivity (Wildman–Crippen MR) is 80.7 cm³/mol. The molecule has 4 nitrogen and oxygen atoms in total. The minimum atomic E-state index is 0.852. The summed E-state index contributed by atoms with van der Waals surface area (Å²) in [4.78, 5) is 11.1. The smallest absolute Gasteiger partial charge is 0.134 e. The molecule has 1 aliphatic heterocycles. The Morgan fingerprint density at radius 1 is 1.26 bits per heavy atom. The van der Waals surface area contributed by atoms with E-state index < -0.39 is 0 Å². The number of piperidine rings is 1. The molecule has 2 rings (SSSR count). The molecule has 0 aromatic carbocycles. The molecule has 1 aliphatic rings. The van der Waals surface area contributed by atoms with E-state index in [9.17, 15) is 0 Å². The summed E-state index contributed by atoms with van der Waals surface area (Å²) in [6.45, 7) is 7.79. The van der Waals surface area contributed by atoms with E-state index in [-0.39, 0.29) is 0 Å². The second-order valence-corrected chi connectivity index (χ2v) is 5.56. The number of nitrogens with zero attached hydrogens (tertiary/aromatic N) is 3. The van der Waals surface area contributed by atoms with Gasteiger partial charge in [0.15, 0.2) is 0 Å². The number of hydrogen-bond donors (Lipinski definition) is 1.